The van der Waals surface area contributed by atoms with Crippen molar-refractivity contribution < 1.29 is 9.18 Å². The van der Waals surface area contributed by atoms with Gasteiger partial charge in [0.25, 0.3) is 0 Å². The van der Waals surface area contributed by atoms with E-state index in [-0.39, 0.29) is 22.9 Å². The number of halogens is 1. The summed E-state index contributed by atoms with van der Waals surface area (Å²) in [4.78, 5) is 11.7. The van der Waals surface area contributed by atoms with Crippen LogP contribution in [0.3, 0.4) is 0 Å². The lowest BCUT2D eigenvalue weighted by Crippen LogP contribution is -2.27. The van der Waals surface area contributed by atoms with Gasteiger partial charge in [0.15, 0.2) is 0 Å². The van der Waals surface area contributed by atoms with Gasteiger partial charge in [-0.15, -0.1) is 0 Å². The smallest absolute Gasteiger partial charge is 0.237 e. The average Bonchev–Trinajstić information content (AvgIpc) is 2.22. The maximum atomic E-state index is 13.0. The number of amides is 1. The van der Waals surface area contributed by atoms with Crippen LogP contribution in [0.4, 0.5) is 10.1 Å². The van der Waals surface area contributed by atoms with E-state index in [1.165, 1.54) is 12.1 Å². The number of anilines is 1. The van der Waals surface area contributed by atoms with Crippen LogP contribution in [-0.4, -0.2) is 11.2 Å². The lowest BCUT2D eigenvalue weighted by molar-refractivity contribution is -0.116. The summed E-state index contributed by atoms with van der Waals surface area (Å²) in [5.41, 5.74) is 1.34. The molecule has 1 aromatic rings. The molecule has 4 heteroatoms. The van der Waals surface area contributed by atoms with Crippen molar-refractivity contribution >= 4 is 24.2 Å². The number of aryl methyl sites for hydroxylation is 1. The second-order valence-corrected chi connectivity index (χ2v) is 4.69. The van der Waals surface area contributed by atoms with Crippen LogP contribution in [0, 0.1) is 18.7 Å². The molecular formula is C12H16FNOS. The van der Waals surface area contributed by atoms with Crippen molar-refractivity contribution in [2.45, 2.75) is 26.0 Å². The second kappa shape index (κ2) is 5.34. The highest BCUT2D eigenvalue weighted by Crippen LogP contribution is 2.18. The van der Waals surface area contributed by atoms with Gasteiger partial charge in [-0.25, -0.2) is 4.39 Å². The quantitative estimate of drug-likeness (QED) is 0.783. The molecular weight excluding hydrogens is 225 g/mol. The Morgan fingerprint density at radius 1 is 1.44 bits per heavy atom. The van der Waals surface area contributed by atoms with Crippen LogP contribution in [0.25, 0.3) is 0 Å². The summed E-state index contributed by atoms with van der Waals surface area (Å²) in [6, 6.07) is 4.31. The third kappa shape index (κ3) is 3.23. The Morgan fingerprint density at radius 3 is 2.62 bits per heavy atom. The van der Waals surface area contributed by atoms with Gasteiger partial charge in [-0.2, -0.15) is 12.6 Å². The van der Waals surface area contributed by atoms with Crippen LogP contribution in [0.2, 0.25) is 0 Å². The molecule has 0 saturated heterocycles. The van der Waals surface area contributed by atoms with Crippen molar-refractivity contribution in [3.05, 3.63) is 29.6 Å². The first kappa shape index (κ1) is 13.0. The van der Waals surface area contributed by atoms with E-state index in [0.717, 1.165) is 5.56 Å². The number of hydrogen-bond donors (Lipinski definition) is 2. The van der Waals surface area contributed by atoms with E-state index >= 15 is 0 Å². The number of hydrogen-bond acceptors (Lipinski definition) is 2. The van der Waals surface area contributed by atoms with Gasteiger partial charge in [0.2, 0.25) is 5.91 Å². The van der Waals surface area contributed by atoms with E-state index in [4.69, 9.17) is 0 Å². The van der Waals surface area contributed by atoms with Crippen molar-refractivity contribution in [1.82, 2.24) is 0 Å². The van der Waals surface area contributed by atoms with E-state index in [9.17, 15) is 9.18 Å². The van der Waals surface area contributed by atoms with Crippen molar-refractivity contribution in [1.29, 1.82) is 0 Å². The van der Waals surface area contributed by atoms with E-state index in [0.29, 0.717) is 5.69 Å². The average molecular weight is 241 g/mol. The summed E-state index contributed by atoms with van der Waals surface area (Å²) in [5.74, 6) is -0.426. The first-order chi connectivity index (χ1) is 7.41. The molecule has 0 bridgehead atoms. The third-order valence-corrected chi connectivity index (χ3v) is 3.19. The summed E-state index contributed by atoms with van der Waals surface area (Å²) < 4.78 is 13.0. The van der Waals surface area contributed by atoms with Crippen molar-refractivity contribution in [2.75, 3.05) is 5.32 Å². The van der Waals surface area contributed by atoms with Crippen molar-refractivity contribution in [3.63, 3.8) is 0 Å². The minimum absolute atomic E-state index is 0.136. The van der Waals surface area contributed by atoms with E-state index in [2.05, 4.69) is 17.9 Å². The van der Waals surface area contributed by atoms with Gasteiger partial charge < -0.3 is 5.32 Å². The molecule has 0 aliphatic carbocycles. The molecule has 1 rings (SSSR count). The fraction of sp³-hybridized carbons (Fsp3) is 0.417. The molecule has 0 fully saturated rings. The molecule has 1 unspecified atom stereocenters. The predicted molar refractivity (Wildman–Crippen MR) is 67.4 cm³/mol. The Balaban J connectivity index is 2.80. The maximum absolute atomic E-state index is 13.0. The minimum Gasteiger partial charge on any atom is -0.325 e. The molecule has 16 heavy (non-hydrogen) atoms. The van der Waals surface area contributed by atoms with E-state index in [1.54, 1.807) is 6.07 Å². The summed E-state index contributed by atoms with van der Waals surface area (Å²) in [5, 5.41) is 2.29. The first-order valence-electron chi connectivity index (χ1n) is 5.17. The molecule has 0 radical (unpaired) electrons. The summed E-state index contributed by atoms with van der Waals surface area (Å²) in [7, 11) is 0. The van der Waals surface area contributed by atoms with Crippen LogP contribution in [0.15, 0.2) is 18.2 Å². The molecule has 0 heterocycles. The molecule has 0 aliphatic heterocycles. The SMILES string of the molecule is Cc1ccc(F)cc1NC(=O)C(S)C(C)C. The lowest BCUT2D eigenvalue weighted by Gasteiger charge is -2.15. The Morgan fingerprint density at radius 2 is 2.06 bits per heavy atom. The Bertz CT molecular complexity index is 393. The maximum Gasteiger partial charge on any atom is 0.237 e. The molecule has 1 aromatic carbocycles. The molecule has 1 N–H and O–H groups in total. The van der Waals surface area contributed by atoms with Crippen LogP contribution >= 0.6 is 12.6 Å². The Kier molecular flexibility index (Phi) is 4.35. The number of benzene rings is 1. The van der Waals surface area contributed by atoms with Crippen LogP contribution < -0.4 is 5.32 Å². The summed E-state index contributed by atoms with van der Waals surface area (Å²) in [6.07, 6.45) is 0. The summed E-state index contributed by atoms with van der Waals surface area (Å²) in [6.45, 7) is 5.64. The molecule has 1 atom stereocenters. The molecule has 0 saturated carbocycles. The molecule has 0 aromatic heterocycles. The topological polar surface area (TPSA) is 29.1 Å². The Hall–Kier alpha value is -1.03. The zero-order valence-corrected chi connectivity index (χ0v) is 10.5. The number of carbonyl (C=O) groups is 1. The molecule has 2 nitrogen and oxygen atoms in total. The minimum atomic E-state index is -0.386. The zero-order chi connectivity index (χ0) is 12.3. The van der Waals surface area contributed by atoms with Gasteiger partial charge >= 0.3 is 0 Å². The standard InChI is InChI=1S/C12H16FNOS/c1-7(2)11(16)12(15)14-10-6-9(13)5-4-8(10)3/h4-7,11,16H,1-3H3,(H,14,15). The van der Waals surface area contributed by atoms with Crippen LogP contribution in [0.5, 0.6) is 0 Å². The van der Waals surface area contributed by atoms with Crippen LogP contribution in [-0.2, 0) is 4.79 Å². The van der Waals surface area contributed by atoms with E-state index in [1.807, 2.05) is 20.8 Å². The van der Waals surface area contributed by atoms with Gasteiger partial charge in [0.05, 0.1) is 5.25 Å². The number of rotatable bonds is 3. The van der Waals surface area contributed by atoms with E-state index < -0.39 is 0 Å². The molecule has 1 amide bonds. The Labute approximate surface area is 101 Å². The third-order valence-electron chi connectivity index (χ3n) is 2.36. The fourth-order valence-corrected chi connectivity index (χ4v) is 1.30. The van der Waals surface area contributed by atoms with Gasteiger partial charge in [0.1, 0.15) is 5.82 Å². The predicted octanol–water partition coefficient (Wildman–Crippen LogP) is 3.03. The molecule has 88 valence electrons. The van der Waals surface area contributed by atoms with Gasteiger partial charge in [-0.3, -0.25) is 4.79 Å². The lowest BCUT2D eigenvalue weighted by atomic mass is 10.1. The highest BCUT2D eigenvalue weighted by atomic mass is 32.1. The molecule has 0 spiro atoms. The fourth-order valence-electron chi connectivity index (χ4n) is 1.24. The summed E-state index contributed by atoms with van der Waals surface area (Å²) >= 11 is 4.20. The monoisotopic (exact) mass is 241 g/mol. The van der Waals surface area contributed by atoms with Crippen LogP contribution in [0.1, 0.15) is 19.4 Å². The zero-order valence-electron chi connectivity index (χ0n) is 9.62. The highest BCUT2D eigenvalue weighted by molar-refractivity contribution is 7.81. The normalized spacial score (nSPS) is 12.6. The van der Waals surface area contributed by atoms with Gasteiger partial charge in [0, 0.05) is 5.69 Å². The number of carbonyl (C=O) groups excluding carboxylic acids is 1. The van der Waals surface area contributed by atoms with Crippen molar-refractivity contribution in [3.8, 4) is 0 Å². The van der Waals surface area contributed by atoms with Gasteiger partial charge in [-0.1, -0.05) is 19.9 Å². The first-order valence-corrected chi connectivity index (χ1v) is 5.68. The largest absolute Gasteiger partial charge is 0.325 e. The number of nitrogens with one attached hydrogen (secondary N) is 1. The highest BCUT2D eigenvalue weighted by Gasteiger charge is 2.18. The molecule has 0 aliphatic rings. The second-order valence-electron chi connectivity index (χ2n) is 4.14. The van der Waals surface area contributed by atoms with Crippen molar-refractivity contribution in [2.24, 2.45) is 5.92 Å². The van der Waals surface area contributed by atoms with Gasteiger partial charge in [-0.05, 0) is 30.5 Å². The number of thiol groups is 1.